The van der Waals surface area contributed by atoms with E-state index in [1.807, 2.05) is 0 Å². The van der Waals surface area contributed by atoms with Crippen molar-refractivity contribution >= 4 is 5.96 Å². The third kappa shape index (κ3) is 6.60. The summed E-state index contributed by atoms with van der Waals surface area (Å²) in [4.78, 5) is 7.16. The first kappa shape index (κ1) is 17.3. The Labute approximate surface area is 125 Å². The Hall–Kier alpha value is -0.770. The van der Waals surface area contributed by atoms with Crippen LogP contribution >= 0.6 is 0 Å². The number of piperidine rings is 1. The first-order valence-corrected chi connectivity index (χ1v) is 8.46. The molecule has 118 valence electrons. The molecule has 0 atom stereocenters. The lowest BCUT2D eigenvalue weighted by molar-refractivity contribution is 0.0264. The fourth-order valence-corrected chi connectivity index (χ4v) is 2.62. The number of nitrogens with zero attached hydrogens (tertiary/aromatic N) is 2. The van der Waals surface area contributed by atoms with E-state index in [0.29, 0.717) is 6.10 Å². The summed E-state index contributed by atoms with van der Waals surface area (Å²) < 4.78 is 5.71. The van der Waals surface area contributed by atoms with Crippen molar-refractivity contribution in [2.75, 3.05) is 32.8 Å². The Morgan fingerprint density at radius 1 is 1.15 bits per heavy atom. The van der Waals surface area contributed by atoms with Crippen LogP contribution in [0.3, 0.4) is 0 Å². The van der Waals surface area contributed by atoms with Crippen LogP contribution < -0.4 is 5.32 Å². The van der Waals surface area contributed by atoms with E-state index in [1.54, 1.807) is 0 Å². The van der Waals surface area contributed by atoms with Crippen molar-refractivity contribution < 1.29 is 4.74 Å². The molecule has 1 N–H and O–H groups in total. The second kappa shape index (κ2) is 11.0. The number of aliphatic imine (C=N–C) groups is 1. The molecular weight excluding hydrogens is 250 g/mol. The van der Waals surface area contributed by atoms with Gasteiger partial charge in [0.25, 0.3) is 0 Å². The molecule has 4 nitrogen and oxygen atoms in total. The van der Waals surface area contributed by atoms with Crippen LogP contribution in [0, 0.1) is 0 Å². The van der Waals surface area contributed by atoms with Gasteiger partial charge >= 0.3 is 0 Å². The Bertz CT molecular complexity index is 260. The highest BCUT2D eigenvalue weighted by atomic mass is 16.5. The van der Waals surface area contributed by atoms with Crippen LogP contribution in [0.5, 0.6) is 0 Å². The second-order valence-corrected chi connectivity index (χ2v) is 5.44. The van der Waals surface area contributed by atoms with Gasteiger partial charge in [-0.05, 0) is 33.1 Å². The Morgan fingerprint density at radius 3 is 2.50 bits per heavy atom. The maximum absolute atomic E-state index is 5.71. The molecule has 0 saturated carbocycles. The molecule has 0 aromatic heterocycles. The standard InChI is InChI=1S/C16H33N3O/c1-4-7-8-9-12-18-16(17-5-2)19-13-10-15(11-14-19)20-6-3/h15H,4-14H2,1-3H3,(H,17,18). The minimum atomic E-state index is 0.448. The highest BCUT2D eigenvalue weighted by Gasteiger charge is 2.21. The summed E-state index contributed by atoms with van der Waals surface area (Å²) in [5.74, 6) is 1.10. The molecular formula is C16H33N3O. The van der Waals surface area contributed by atoms with Crippen molar-refractivity contribution in [2.24, 2.45) is 4.99 Å². The molecule has 1 aliphatic heterocycles. The van der Waals surface area contributed by atoms with Gasteiger partial charge in [-0.2, -0.15) is 0 Å². The zero-order valence-corrected chi connectivity index (χ0v) is 13.7. The minimum Gasteiger partial charge on any atom is -0.378 e. The van der Waals surface area contributed by atoms with Gasteiger partial charge in [0, 0.05) is 32.8 Å². The lowest BCUT2D eigenvalue weighted by Crippen LogP contribution is -2.47. The van der Waals surface area contributed by atoms with Crippen molar-refractivity contribution in [3.63, 3.8) is 0 Å². The maximum Gasteiger partial charge on any atom is 0.193 e. The number of unbranched alkanes of at least 4 members (excludes halogenated alkanes) is 3. The van der Waals surface area contributed by atoms with Crippen LogP contribution in [0.15, 0.2) is 4.99 Å². The summed E-state index contributed by atoms with van der Waals surface area (Å²) in [7, 11) is 0. The van der Waals surface area contributed by atoms with Crippen molar-refractivity contribution in [3.8, 4) is 0 Å². The SMILES string of the molecule is CCCCCCN=C(NCC)N1CCC(OCC)CC1. The smallest absolute Gasteiger partial charge is 0.193 e. The van der Waals surface area contributed by atoms with Gasteiger partial charge in [-0.15, -0.1) is 0 Å². The summed E-state index contributed by atoms with van der Waals surface area (Å²) in [5, 5.41) is 3.43. The topological polar surface area (TPSA) is 36.9 Å². The van der Waals surface area contributed by atoms with Gasteiger partial charge in [0.2, 0.25) is 0 Å². The molecule has 0 aliphatic carbocycles. The van der Waals surface area contributed by atoms with Gasteiger partial charge in [0.1, 0.15) is 0 Å². The lowest BCUT2D eigenvalue weighted by atomic mass is 10.1. The quantitative estimate of drug-likeness (QED) is 0.422. The van der Waals surface area contributed by atoms with E-state index in [1.165, 1.54) is 25.7 Å². The van der Waals surface area contributed by atoms with Crippen LogP contribution in [0.25, 0.3) is 0 Å². The molecule has 1 saturated heterocycles. The van der Waals surface area contributed by atoms with Crippen LogP contribution in [0.4, 0.5) is 0 Å². The molecule has 1 heterocycles. The van der Waals surface area contributed by atoms with Crippen molar-refractivity contribution in [1.82, 2.24) is 10.2 Å². The molecule has 0 bridgehead atoms. The second-order valence-electron chi connectivity index (χ2n) is 5.44. The highest BCUT2D eigenvalue weighted by molar-refractivity contribution is 5.80. The maximum atomic E-state index is 5.71. The van der Waals surface area contributed by atoms with E-state index < -0.39 is 0 Å². The molecule has 0 aromatic rings. The summed E-state index contributed by atoms with van der Waals surface area (Å²) in [5.41, 5.74) is 0. The molecule has 1 aliphatic rings. The van der Waals surface area contributed by atoms with Gasteiger partial charge in [-0.1, -0.05) is 26.2 Å². The fraction of sp³-hybridized carbons (Fsp3) is 0.938. The van der Waals surface area contributed by atoms with Crippen LogP contribution in [-0.2, 0) is 4.74 Å². The Balaban J connectivity index is 2.35. The van der Waals surface area contributed by atoms with E-state index in [2.05, 4.69) is 31.0 Å². The molecule has 20 heavy (non-hydrogen) atoms. The van der Waals surface area contributed by atoms with E-state index >= 15 is 0 Å². The molecule has 0 unspecified atom stereocenters. The Morgan fingerprint density at radius 2 is 1.90 bits per heavy atom. The lowest BCUT2D eigenvalue weighted by Gasteiger charge is -2.34. The first-order chi connectivity index (χ1) is 9.81. The van der Waals surface area contributed by atoms with E-state index in [4.69, 9.17) is 9.73 Å². The fourth-order valence-electron chi connectivity index (χ4n) is 2.62. The number of likely N-dealkylation sites (tertiary alicyclic amines) is 1. The first-order valence-electron chi connectivity index (χ1n) is 8.46. The average Bonchev–Trinajstić information content (AvgIpc) is 2.47. The van der Waals surface area contributed by atoms with Crippen molar-refractivity contribution in [3.05, 3.63) is 0 Å². The number of ether oxygens (including phenoxy) is 1. The van der Waals surface area contributed by atoms with Crippen molar-refractivity contribution in [2.45, 2.75) is 65.4 Å². The third-order valence-electron chi connectivity index (χ3n) is 3.75. The van der Waals surface area contributed by atoms with Crippen LogP contribution in [0.1, 0.15) is 59.3 Å². The van der Waals surface area contributed by atoms with E-state index in [-0.39, 0.29) is 0 Å². The molecule has 4 heteroatoms. The van der Waals surface area contributed by atoms with Crippen LogP contribution in [-0.4, -0.2) is 49.7 Å². The molecule has 1 rings (SSSR count). The van der Waals surface area contributed by atoms with Gasteiger partial charge in [0.05, 0.1) is 6.10 Å². The molecule has 1 fully saturated rings. The molecule has 0 spiro atoms. The van der Waals surface area contributed by atoms with Gasteiger partial charge in [0.15, 0.2) is 5.96 Å². The van der Waals surface area contributed by atoms with E-state index in [0.717, 1.165) is 51.6 Å². The zero-order chi connectivity index (χ0) is 14.6. The van der Waals surface area contributed by atoms with E-state index in [9.17, 15) is 0 Å². The largest absolute Gasteiger partial charge is 0.378 e. The Kier molecular flexibility index (Phi) is 9.46. The summed E-state index contributed by atoms with van der Waals surface area (Å²) in [6, 6.07) is 0. The van der Waals surface area contributed by atoms with Gasteiger partial charge in [-0.25, -0.2) is 0 Å². The normalized spacial score (nSPS) is 17.6. The van der Waals surface area contributed by atoms with Crippen molar-refractivity contribution in [1.29, 1.82) is 0 Å². The van der Waals surface area contributed by atoms with Gasteiger partial charge in [-0.3, -0.25) is 4.99 Å². The monoisotopic (exact) mass is 283 g/mol. The van der Waals surface area contributed by atoms with Crippen LogP contribution in [0.2, 0.25) is 0 Å². The number of hydrogen-bond acceptors (Lipinski definition) is 2. The predicted octanol–water partition coefficient (Wildman–Crippen LogP) is 3.03. The minimum absolute atomic E-state index is 0.448. The zero-order valence-electron chi connectivity index (χ0n) is 13.7. The molecule has 0 amide bonds. The number of nitrogens with one attached hydrogen (secondary N) is 1. The highest BCUT2D eigenvalue weighted by Crippen LogP contribution is 2.13. The average molecular weight is 283 g/mol. The predicted molar refractivity (Wildman–Crippen MR) is 86.3 cm³/mol. The summed E-state index contributed by atoms with van der Waals surface area (Å²) in [6.45, 7) is 11.3. The van der Waals surface area contributed by atoms with Gasteiger partial charge < -0.3 is 15.0 Å². The third-order valence-corrected chi connectivity index (χ3v) is 3.75. The summed E-state index contributed by atoms with van der Waals surface area (Å²) in [6.07, 6.45) is 7.80. The summed E-state index contributed by atoms with van der Waals surface area (Å²) >= 11 is 0. The number of guanidine groups is 1. The number of rotatable bonds is 8. The molecule has 0 radical (unpaired) electrons. The number of hydrogen-bond donors (Lipinski definition) is 1. The molecule has 0 aromatic carbocycles.